The summed E-state index contributed by atoms with van der Waals surface area (Å²) >= 11 is 5.96. The molecule has 4 heterocycles. The summed E-state index contributed by atoms with van der Waals surface area (Å²) in [5.41, 5.74) is 10.7. The van der Waals surface area contributed by atoms with Gasteiger partial charge in [-0.25, -0.2) is 15.0 Å². The summed E-state index contributed by atoms with van der Waals surface area (Å²) in [5, 5.41) is 17.5. The Labute approximate surface area is 217 Å². The Morgan fingerprint density at radius 3 is 2.32 bits per heavy atom. The number of alkyl halides is 2. The Hall–Kier alpha value is -4.12. The van der Waals surface area contributed by atoms with Gasteiger partial charge in [-0.2, -0.15) is 0 Å². The fraction of sp³-hybridized carbons (Fsp3) is 0.154. The second-order valence-corrected chi connectivity index (χ2v) is 7.82. The molecule has 0 bridgehead atoms. The van der Waals surface area contributed by atoms with Crippen molar-refractivity contribution in [2.24, 2.45) is 0 Å². The number of hydrogen-bond donors (Lipinski definition) is 3. The second kappa shape index (κ2) is 10.9. The van der Waals surface area contributed by atoms with Crippen LogP contribution in [0.25, 0.3) is 39.6 Å². The van der Waals surface area contributed by atoms with Crippen molar-refractivity contribution in [2.45, 2.75) is 26.0 Å². The van der Waals surface area contributed by atoms with Gasteiger partial charge in [0.2, 0.25) is 0 Å². The van der Waals surface area contributed by atoms with E-state index in [4.69, 9.17) is 37.5 Å². The number of benzene rings is 1. The lowest BCUT2D eigenvalue weighted by atomic mass is 10.2. The molecule has 190 valence electrons. The number of aliphatic hydroxyl groups is 2. The molecule has 1 aromatic carbocycles. The van der Waals surface area contributed by atoms with Crippen molar-refractivity contribution in [3.63, 3.8) is 0 Å². The van der Waals surface area contributed by atoms with Crippen LogP contribution in [0.3, 0.4) is 0 Å². The van der Waals surface area contributed by atoms with Crippen LogP contribution in [0.1, 0.15) is 19.4 Å². The molecule has 0 unspecified atom stereocenters. The molecule has 4 aromatic heterocycles. The maximum Gasteiger partial charge on any atom is 0.492 e. The summed E-state index contributed by atoms with van der Waals surface area (Å²) in [6, 6.07) is 17.7. The van der Waals surface area contributed by atoms with E-state index in [1.807, 2.05) is 48.7 Å². The quantitative estimate of drug-likeness (QED) is 0.213. The van der Waals surface area contributed by atoms with E-state index in [1.165, 1.54) is 12.1 Å². The number of hydrogen-bond acceptors (Lipinski definition) is 8. The zero-order valence-electron chi connectivity index (χ0n) is 20.0. The highest BCUT2D eigenvalue weighted by Gasteiger charge is 2.24. The number of imidazole rings is 1. The largest absolute Gasteiger partial charge is 0.492 e. The zero-order valence-corrected chi connectivity index (χ0v) is 20.8. The third-order valence-corrected chi connectivity index (χ3v) is 5.49. The Balaban J connectivity index is 0.00000156. The van der Waals surface area contributed by atoms with Crippen LogP contribution in [-0.2, 0) is 5.88 Å². The summed E-state index contributed by atoms with van der Waals surface area (Å²) in [6.07, 6.45) is -1.03. The summed E-state index contributed by atoms with van der Waals surface area (Å²) in [6.45, 7) is 4.00. The van der Waals surface area contributed by atoms with E-state index in [0.717, 1.165) is 17.4 Å². The highest BCUT2D eigenvalue weighted by Crippen LogP contribution is 2.32. The van der Waals surface area contributed by atoms with Crippen molar-refractivity contribution in [3.8, 4) is 34.2 Å². The molecule has 5 aromatic rings. The highest BCUT2D eigenvalue weighted by molar-refractivity contribution is 6.17. The zero-order chi connectivity index (χ0) is 26.6. The number of nitrogen functional groups attached to an aromatic ring is 1. The third kappa shape index (κ3) is 5.67. The lowest BCUT2D eigenvalue weighted by Crippen LogP contribution is -2.29. The maximum atomic E-state index is 12.9. The monoisotopic (exact) mass is 522 g/mol. The van der Waals surface area contributed by atoms with Gasteiger partial charge in [-0.1, -0.05) is 26.0 Å². The average Bonchev–Trinajstić information content (AvgIpc) is 3.28. The number of pyridine rings is 3. The predicted molar refractivity (Wildman–Crippen MR) is 140 cm³/mol. The normalized spacial score (nSPS) is 11.2. The van der Waals surface area contributed by atoms with E-state index in [1.54, 1.807) is 24.4 Å². The molecule has 37 heavy (non-hydrogen) atoms. The number of anilines is 1. The van der Waals surface area contributed by atoms with E-state index < -0.39 is 6.23 Å². The third-order valence-electron chi connectivity index (χ3n) is 5.18. The Morgan fingerprint density at radius 1 is 0.973 bits per heavy atom. The first-order valence-corrected chi connectivity index (χ1v) is 11.9. The smallest absolute Gasteiger partial charge is 0.412 e. The minimum atomic E-state index is -3.80. The summed E-state index contributed by atoms with van der Waals surface area (Å²) < 4.78 is 19.1. The van der Waals surface area contributed by atoms with Gasteiger partial charge in [-0.05, 0) is 54.1 Å². The van der Waals surface area contributed by atoms with E-state index in [-0.39, 0.29) is 5.75 Å². The molecule has 0 fully saturated rings. The fourth-order valence-corrected chi connectivity index (χ4v) is 3.79. The minimum Gasteiger partial charge on any atom is -0.412 e. The maximum absolute atomic E-state index is 12.9. The molecule has 0 atom stereocenters. The van der Waals surface area contributed by atoms with Gasteiger partial charge in [0.05, 0.1) is 23.1 Å². The van der Waals surface area contributed by atoms with Crippen LogP contribution in [0.15, 0.2) is 73.1 Å². The second-order valence-electron chi connectivity index (χ2n) is 7.56. The van der Waals surface area contributed by atoms with E-state index in [9.17, 15) is 4.39 Å². The molecule has 0 spiro atoms. The first kappa shape index (κ1) is 26.0. The molecular formula is C26H24ClFN6O3. The molecule has 0 saturated carbocycles. The van der Waals surface area contributed by atoms with Gasteiger partial charge in [-0.15, -0.1) is 16.0 Å². The Kier molecular flexibility index (Phi) is 7.63. The lowest BCUT2D eigenvalue weighted by Gasteiger charge is -2.13. The molecule has 0 radical (unpaired) electrons. The molecular weight excluding hydrogens is 499 g/mol. The first-order valence-electron chi connectivity index (χ1n) is 11.4. The molecule has 0 saturated heterocycles. The van der Waals surface area contributed by atoms with E-state index in [0.29, 0.717) is 45.6 Å². The van der Waals surface area contributed by atoms with Gasteiger partial charge in [0, 0.05) is 17.8 Å². The van der Waals surface area contributed by atoms with Crippen molar-refractivity contribution >= 4 is 28.6 Å². The van der Waals surface area contributed by atoms with Gasteiger partial charge < -0.3 is 20.7 Å². The number of halogens is 2. The molecule has 5 rings (SSSR count). The first-order chi connectivity index (χ1) is 17.8. The average molecular weight is 523 g/mol. The topological polar surface area (TPSA) is 132 Å². The molecule has 0 aliphatic rings. The standard InChI is InChI=1S/C24H18ClFN6O3.C2H6/c25-12-14-3-5-15(6-4-14)32-22(17-2-1-11-28-21(17)27)31-20-10-9-19(30-23(20)32)18-8-7-16(13-29-18)35-24(26,33)34;1-2/h1-11,13,33-34H,12H2,(H2,27,28);1-2H3. The number of fused-ring (bicyclic) bond motifs is 1. The van der Waals surface area contributed by atoms with Gasteiger partial charge >= 0.3 is 6.23 Å². The van der Waals surface area contributed by atoms with Crippen molar-refractivity contribution in [1.82, 2.24) is 24.5 Å². The van der Waals surface area contributed by atoms with Crippen LogP contribution < -0.4 is 10.5 Å². The van der Waals surface area contributed by atoms with Crippen molar-refractivity contribution < 1.29 is 19.3 Å². The summed E-state index contributed by atoms with van der Waals surface area (Å²) in [5.74, 6) is 1.12. The van der Waals surface area contributed by atoms with Crippen molar-refractivity contribution in [2.75, 3.05) is 5.73 Å². The van der Waals surface area contributed by atoms with Gasteiger partial charge in [-0.3, -0.25) is 9.55 Å². The Bertz CT molecular complexity index is 1500. The fourth-order valence-electron chi connectivity index (χ4n) is 3.61. The molecule has 0 aliphatic heterocycles. The summed E-state index contributed by atoms with van der Waals surface area (Å²) in [7, 11) is 0. The molecule has 4 N–H and O–H groups in total. The van der Waals surface area contributed by atoms with Crippen LogP contribution in [0.5, 0.6) is 5.75 Å². The van der Waals surface area contributed by atoms with E-state index >= 15 is 0 Å². The van der Waals surface area contributed by atoms with E-state index in [2.05, 4.69) is 14.7 Å². The van der Waals surface area contributed by atoms with Crippen molar-refractivity contribution in [1.29, 1.82) is 0 Å². The van der Waals surface area contributed by atoms with Gasteiger partial charge in [0.1, 0.15) is 17.1 Å². The van der Waals surface area contributed by atoms with Crippen LogP contribution in [0.4, 0.5) is 10.2 Å². The summed E-state index contributed by atoms with van der Waals surface area (Å²) in [4.78, 5) is 17.9. The number of nitrogens with two attached hydrogens (primary N) is 1. The molecule has 0 aliphatic carbocycles. The SMILES string of the molecule is CC.Nc1ncccc1-c1nc2ccc(-c3ccc(OC(O)(O)F)cn3)nc2n1-c1ccc(CCl)cc1. The van der Waals surface area contributed by atoms with Crippen LogP contribution >= 0.6 is 11.6 Å². The number of nitrogens with zero attached hydrogens (tertiary/aromatic N) is 5. The van der Waals surface area contributed by atoms with Gasteiger partial charge in [0.25, 0.3) is 0 Å². The van der Waals surface area contributed by atoms with Crippen molar-refractivity contribution in [3.05, 3.63) is 78.6 Å². The number of ether oxygens (including phenoxy) is 1. The van der Waals surface area contributed by atoms with Crippen LogP contribution in [0, 0.1) is 0 Å². The highest BCUT2D eigenvalue weighted by atomic mass is 35.5. The van der Waals surface area contributed by atoms with Crippen LogP contribution in [0.2, 0.25) is 0 Å². The number of aromatic nitrogens is 5. The minimum absolute atomic E-state index is 0.166. The molecule has 0 amide bonds. The lowest BCUT2D eigenvalue weighted by molar-refractivity contribution is -0.375. The predicted octanol–water partition coefficient (Wildman–Crippen LogP) is 4.84. The van der Waals surface area contributed by atoms with Crippen LogP contribution in [-0.4, -0.2) is 40.9 Å². The molecule has 9 nitrogen and oxygen atoms in total. The molecule has 11 heteroatoms. The van der Waals surface area contributed by atoms with Gasteiger partial charge in [0.15, 0.2) is 11.5 Å². The Morgan fingerprint density at radius 2 is 1.70 bits per heavy atom. The number of rotatable bonds is 6.